The molecule has 2 atom stereocenters. The van der Waals surface area contributed by atoms with E-state index in [0.29, 0.717) is 16.6 Å². The van der Waals surface area contributed by atoms with Crippen LogP contribution < -0.4 is 5.32 Å². The summed E-state index contributed by atoms with van der Waals surface area (Å²) in [5, 5.41) is 11.3. The third kappa shape index (κ3) is 4.74. The molecule has 5 rings (SSSR count). The van der Waals surface area contributed by atoms with Crippen molar-refractivity contribution in [2.75, 3.05) is 18.4 Å². The number of anilines is 1. The van der Waals surface area contributed by atoms with Crippen LogP contribution in [0.1, 0.15) is 80.8 Å². The number of ether oxygens (including phenoxy) is 1. The fourth-order valence-corrected chi connectivity index (χ4v) is 5.48. The molecule has 1 saturated heterocycles. The summed E-state index contributed by atoms with van der Waals surface area (Å²) in [6.07, 6.45) is 2.68. The highest BCUT2D eigenvalue weighted by Gasteiger charge is 2.30. The van der Waals surface area contributed by atoms with Crippen molar-refractivity contribution in [1.29, 1.82) is 0 Å². The van der Waals surface area contributed by atoms with Crippen molar-refractivity contribution in [1.82, 2.24) is 24.6 Å². The Balaban J connectivity index is 1.40. The molecule has 2 fully saturated rings. The van der Waals surface area contributed by atoms with E-state index >= 15 is 0 Å². The van der Waals surface area contributed by atoms with Crippen molar-refractivity contribution in [3.8, 4) is 0 Å². The number of amides is 1. The van der Waals surface area contributed by atoms with Gasteiger partial charge in [-0.05, 0) is 60.5 Å². The Morgan fingerprint density at radius 3 is 2.56 bits per heavy atom. The predicted molar refractivity (Wildman–Crippen MR) is 135 cm³/mol. The molecule has 1 amide bonds. The number of nitrogens with one attached hydrogen (secondary N) is 1. The molecule has 0 bridgehead atoms. The molecule has 1 N–H and O–H groups in total. The molecule has 2 unspecified atom stereocenters. The predicted octanol–water partition coefficient (Wildman–Crippen LogP) is 4.69. The number of morpholine rings is 1. The fraction of sp³-hybridized carbons (Fsp3) is 0.600. The maximum Gasteiger partial charge on any atom is 0.258 e. The zero-order valence-electron chi connectivity index (χ0n) is 20.9. The first-order chi connectivity index (χ1) is 16.1. The molecular weight excluding hydrogens is 448 g/mol. The second kappa shape index (κ2) is 8.70. The van der Waals surface area contributed by atoms with E-state index in [4.69, 9.17) is 19.8 Å². The molecule has 0 radical (unpaired) electrons. The molecule has 1 aliphatic heterocycles. The third-order valence-electron chi connectivity index (χ3n) is 6.36. The minimum absolute atomic E-state index is 0.152. The summed E-state index contributed by atoms with van der Waals surface area (Å²) in [6.45, 7) is 15.0. The molecule has 182 valence electrons. The molecule has 1 saturated carbocycles. The lowest BCUT2D eigenvalue weighted by Gasteiger charge is -2.34. The van der Waals surface area contributed by atoms with Gasteiger partial charge in [0, 0.05) is 36.6 Å². The van der Waals surface area contributed by atoms with Gasteiger partial charge in [0.25, 0.3) is 5.91 Å². The Labute approximate surface area is 204 Å². The molecule has 9 heteroatoms. The highest BCUT2D eigenvalue weighted by molar-refractivity contribution is 7.14. The number of carbonyl (C=O) groups excluding carboxylic acids is 1. The van der Waals surface area contributed by atoms with Crippen molar-refractivity contribution in [2.45, 2.75) is 84.6 Å². The molecule has 4 heterocycles. The number of aryl methyl sites for hydroxylation is 1. The van der Waals surface area contributed by atoms with Gasteiger partial charge in [-0.2, -0.15) is 5.10 Å². The summed E-state index contributed by atoms with van der Waals surface area (Å²) < 4.78 is 7.78. The molecule has 0 aromatic carbocycles. The van der Waals surface area contributed by atoms with Crippen molar-refractivity contribution < 1.29 is 9.53 Å². The lowest BCUT2D eigenvalue weighted by molar-refractivity contribution is -0.0707. The van der Waals surface area contributed by atoms with Crippen molar-refractivity contribution >= 4 is 33.4 Å². The monoisotopic (exact) mass is 482 g/mol. The zero-order valence-corrected chi connectivity index (χ0v) is 21.7. The summed E-state index contributed by atoms with van der Waals surface area (Å²) in [7, 11) is 0. The first kappa shape index (κ1) is 23.4. The Morgan fingerprint density at radius 1 is 1.21 bits per heavy atom. The minimum Gasteiger partial charge on any atom is -0.373 e. The average Bonchev–Trinajstić information content (AvgIpc) is 3.41. The number of hydrogen-bond donors (Lipinski definition) is 1. The number of fused-ring (bicyclic) bond motifs is 1. The van der Waals surface area contributed by atoms with Gasteiger partial charge in [-0.15, -0.1) is 11.3 Å². The Morgan fingerprint density at radius 2 is 1.91 bits per heavy atom. The third-order valence-corrected chi connectivity index (χ3v) is 7.17. The van der Waals surface area contributed by atoms with E-state index < -0.39 is 0 Å². The van der Waals surface area contributed by atoms with E-state index in [1.165, 1.54) is 11.3 Å². The van der Waals surface area contributed by atoms with Gasteiger partial charge in [0.05, 0.1) is 40.1 Å². The molecule has 8 nitrogen and oxygen atoms in total. The van der Waals surface area contributed by atoms with Gasteiger partial charge in [0.15, 0.2) is 10.8 Å². The van der Waals surface area contributed by atoms with Crippen LogP contribution in [0.15, 0.2) is 11.4 Å². The Bertz CT molecular complexity index is 1210. The van der Waals surface area contributed by atoms with Crippen LogP contribution in [0.4, 0.5) is 5.13 Å². The first-order valence-electron chi connectivity index (χ1n) is 12.1. The highest BCUT2D eigenvalue weighted by Crippen LogP contribution is 2.41. The normalized spacial score (nSPS) is 21.8. The van der Waals surface area contributed by atoms with Crippen LogP contribution in [0, 0.1) is 6.92 Å². The van der Waals surface area contributed by atoms with Gasteiger partial charge in [-0.1, -0.05) is 0 Å². The van der Waals surface area contributed by atoms with Gasteiger partial charge < -0.3 is 4.74 Å². The van der Waals surface area contributed by atoms with Gasteiger partial charge in [0.2, 0.25) is 0 Å². The molecule has 2 aliphatic rings. The van der Waals surface area contributed by atoms with Crippen molar-refractivity contribution in [2.24, 2.45) is 0 Å². The van der Waals surface area contributed by atoms with Gasteiger partial charge >= 0.3 is 0 Å². The summed E-state index contributed by atoms with van der Waals surface area (Å²) in [5.74, 6) is 0.282. The van der Waals surface area contributed by atoms with Gasteiger partial charge in [-0.25, -0.2) is 14.6 Å². The molecular formula is C25H34N6O2S. The maximum atomic E-state index is 13.5. The number of hydrogen-bond acceptors (Lipinski definition) is 7. The summed E-state index contributed by atoms with van der Waals surface area (Å²) in [5.41, 5.74) is 3.96. The Kier molecular flexibility index (Phi) is 5.98. The number of rotatable bonds is 5. The van der Waals surface area contributed by atoms with Crippen molar-refractivity contribution in [3.63, 3.8) is 0 Å². The van der Waals surface area contributed by atoms with Crippen molar-refractivity contribution in [3.05, 3.63) is 34.1 Å². The highest BCUT2D eigenvalue weighted by atomic mass is 32.1. The molecule has 34 heavy (non-hydrogen) atoms. The Hall–Kier alpha value is -2.36. The largest absolute Gasteiger partial charge is 0.373 e. The first-order valence-corrected chi connectivity index (χ1v) is 13.0. The lowest BCUT2D eigenvalue weighted by Crippen LogP contribution is -2.44. The topological polar surface area (TPSA) is 85.2 Å². The van der Waals surface area contributed by atoms with E-state index in [9.17, 15) is 4.79 Å². The minimum atomic E-state index is -0.228. The van der Waals surface area contributed by atoms with Crippen LogP contribution in [0.5, 0.6) is 0 Å². The lowest BCUT2D eigenvalue weighted by atomic mass is 10.1. The molecule has 3 aromatic heterocycles. The molecule has 3 aromatic rings. The number of aromatic nitrogens is 4. The smallest absolute Gasteiger partial charge is 0.258 e. The van der Waals surface area contributed by atoms with E-state index in [1.54, 1.807) is 0 Å². The maximum absolute atomic E-state index is 13.5. The molecule has 1 aliphatic carbocycles. The second-order valence-electron chi connectivity index (χ2n) is 10.8. The number of nitrogens with zero attached hydrogens (tertiary/aromatic N) is 5. The summed E-state index contributed by atoms with van der Waals surface area (Å²) in [6, 6.07) is 1.96. The van der Waals surface area contributed by atoms with E-state index in [-0.39, 0.29) is 23.7 Å². The van der Waals surface area contributed by atoms with E-state index in [2.05, 4.69) is 44.8 Å². The van der Waals surface area contributed by atoms with Crippen LogP contribution in [-0.4, -0.2) is 55.9 Å². The van der Waals surface area contributed by atoms with Crippen LogP contribution in [0.2, 0.25) is 0 Å². The zero-order chi connectivity index (χ0) is 24.2. The number of pyridine rings is 1. The van der Waals surface area contributed by atoms with E-state index in [0.717, 1.165) is 60.6 Å². The average molecular weight is 483 g/mol. The van der Waals surface area contributed by atoms with Crippen LogP contribution >= 0.6 is 11.3 Å². The SMILES string of the molecule is Cc1nn(C(C)(C)C)c2nc(C3CC3)cc(C(=O)Nc3nc(CN4CC(C)OC(C)C4)cs3)c12. The fourth-order valence-electron chi connectivity index (χ4n) is 4.79. The standard InChI is InChI=1S/C25H34N6O2S/c1-14-10-30(11-15(2)33-14)12-18-13-34-24(26-18)28-23(32)19-9-20(17-7-8-17)27-22-21(19)16(3)29-31(22)25(4,5)6/h9,13-15,17H,7-8,10-12H2,1-6H3,(H,26,28,32). The van der Waals surface area contributed by atoms with Crippen LogP contribution in [-0.2, 0) is 16.8 Å². The summed E-state index contributed by atoms with van der Waals surface area (Å²) in [4.78, 5) is 25.5. The number of thiazole rings is 1. The summed E-state index contributed by atoms with van der Waals surface area (Å²) >= 11 is 1.47. The number of carbonyl (C=O) groups is 1. The molecule has 0 spiro atoms. The van der Waals surface area contributed by atoms with E-state index in [1.807, 2.05) is 23.1 Å². The van der Waals surface area contributed by atoms with Crippen LogP contribution in [0.25, 0.3) is 11.0 Å². The quantitative estimate of drug-likeness (QED) is 0.568. The van der Waals surface area contributed by atoms with Crippen LogP contribution in [0.3, 0.4) is 0 Å². The second-order valence-corrected chi connectivity index (χ2v) is 11.6. The van der Waals surface area contributed by atoms with Gasteiger partial charge in [0.1, 0.15) is 0 Å². The van der Waals surface area contributed by atoms with Gasteiger partial charge in [-0.3, -0.25) is 15.0 Å².